The van der Waals surface area contributed by atoms with Crippen LogP contribution in [0.4, 0.5) is 15.9 Å². The lowest BCUT2D eigenvalue weighted by Gasteiger charge is -2.35. The molecule has 2 atom stereocenters. The highest BCUT2D eigenvalue weighted by Gasteiger charge is 2.48. The normalized spacial score (nSPS) is 21.8. The minimum Gasteiger partial charge on any atom is -0.508 e. The monoisotopic (exact) mass is 716 g/mol. The molecule has 1 N–H and O–H groups in total. The van der Waals surface area contributed by atoms with Gasteiger partial charge in [-0.3, -0.25) is 14.4 Å². The van der Waals surface area contributed by atoms with Crippen LogP contribution in [-0.4, -0.2) is 93.0 Å². The molecule has 270 valence electrons. The second-order valence-corrected chi connectivity index (χ2v) is 15.4. The lowest BCUT2D eigenvalue weighted by atomic mass is 9.92. The number of halogens is 2. The number of aryl methyl sites for hydroxylation is 2. The van der Waals surface area contributed by atoms with E-state index in [0.717, 1.165) is 78.1 Å². The number of phenols is 1. The van der Waals surface area contributed by atoms with E-state index < -0.39 is 0 Å². The van der Waals surface area contributed by atoms with Crippen molar-refractivity contribution in [3.63, 3.8) is 0 Å². The van der Waals surface area contributed by atoms with Gasteiger partial charge >= 0.3 is 6.01 Å². The number of phenolic OH excluding ortho intramolecular Hbond substituents is 1. The quantitative estimate of drug-likeness (QED) is 0.254. The summed E-state index contributed by atoms with van der Waals surface area (Å²) in [5.41, 5.74) is 4.36. The molecular weight excluding hydrogens is 671 g/mol. The van der Waals surface area contributed by atoms with Crippen LogP contribution < -0.4 is 14.5 Å². The number of nitrogens with zero attached hydrogens (tertiary/aromatic N) is 8. The Morgan fingerprint density at radius 3 is 2.76 bits per heavy atom. The molecule has 0 radical (unpaired) electrons. The highest BCUT2D eigenvalue weighted by Crippen LogP contribution is 2.43. The van der Waals surface area contributed by atoms with Crippen LogP contribution in [0.1, 0.15) is 72.5 Å². The van der Waals surface area contributed by atoms with E-state index in [2.05, 4.69) is 26.7 Å². The SMILES string of the molecule is CCc1c(F)ccc2cc(O)cc(N3CCc4c(nc(OC[C@@]56CCCN5C[C@H](C)C6)nc4N4CCCn5nc(C(=O)N(C)C)c(Cl)c5C4)C3)c12. The first-order valence-corrected chi connectivity index (χ1v) is 18.6. The van der Waals surface area contributed by atoms with Crippen LogP contribution in [0.5, 0.6) is 11.8 Å². The molecule has 1 amide bonds. The van der Waals surface area contributed by atoms with Crippen molar-refractivity contribution in [3.05, 3.63) is 63.3 Å². The standard InChI is InChI=1S/C38H46ClFN8O3/c1-5-26-28(40)9-8-24-16-25(49)17-30(32(24)26)45-15-10-27-29(20-45)41-37(51-22-38-11-6-13-47(38)19-23(2)18-38)42-35(27)46-12-7-14-48-31(21-46)33(39)34(43-48)36(50)44(3)4/h8-9,16-17,23,49H,5-7,10-15,18-22H2,1-4H3/t23-,38+/m1/s1. The Labute approximate surface area is 302 Å². The maximum Gasteiger partial charge on any atom is 0.318 e. The molecule has 4 aliphatic heterocycles. The molecule has 8 rings (SSSR count). The van der Waals surface area contributed by atoms with Crippen LogP contribution >= 0.6 is 11.6 Å². The number of aromatic nitrogens is 4. The van der Waals surface area contributed by atoms with Gasteiger partial charge in [-0.15, -0.1) is 0 Å². The van der Waals surface area contributed by atoms with Gasteiger partial charge in [0.15, 0.2) is 5.69 Å². The number of benzene rings is 2. The number of fused-ring (bicyclic) bond motifs is 4. The van der Waals surface area contributed by atoms with Gasteiger partial charge in [-0.2, -0.15) is 15.1 Å². The Hall–Kier alpha value is -4.16. The molecule has 11 nitrogen and oxygen atoms in total. The number of carbonyl (C=O) groups is 1. The van der Waals surface area contributed by atoms with Crippen LogP contribution in [0.15, 0.2) is 24.3 Å². The fourth-order valence-corrected chi connectivity index (χ4v) is 9.30. The molecule has 4 aliphatic rings. The molecule has 0 spiro atoms. The highest BCUT2D eigenvalue weighted by atomic mass is 35.5. The van der Waals surface area contributed by atoms with E-state index >= 15 is 4.39 Å². The zero-order valence-electron chi connectivity index (χ0n) is 29.9. The maximum absolute atomic E-state index is 15.1. The van der Waals surface area contributed by atoms with Crippen molar-refractivity contribution >= 4 is 39.8 Å². The molecule has 0 unspecified atom stereocenters. The summed E-state index contributed by atoms with van der Waals surface area (Å²) < 4.78 is 23.6. The molecule has 0 aliphatic carbocycles. The van der Waals surface area contributed by atoms with Gasteiger partial charge in [0, 0.05) is 63.0 Å². The van der Waals surface area contributed by atoms with E-state index in [9.17, 15) is 9.90 Å². The largest absolute Gasteiger partial charge is 0.508 e. The summed E-state index contributed by atoms with van der Waals surface area (Å²) in [5.74, 6) is 1.09. The van der Waals surface area contributed by atoms with Crippen molar-refractivity contribution in [1.82, 2.24) is 29.5 Å². The first-order chi connectivity index (χ1) is 24.5. The van der Waals surface area contributed by atoms with Crippen LogP contribution in [0.2, 0.25) is 5.02 Å². The number of carbonyl (C=O) groups excluding carboxylic acids is 1. The van der Waals surface area contributed by atoms with E-state index in [-0.39, 0.29) is 28.7 Å². The molecule has 51 heavy (non-hydrogen) atoms. The maximum atomic E-state index is 15.1. The third-order valence-corrected chi connectivity index (χ3v) is 11.8. The van der Waals surface area contributed by atoms with E-state index in [0.29, 0.717) is 68.1 Å². The summed E-state index contributed by atoms with van der Waals surface area (Å²) in [6.45, 7) is 9.85. The Bertz CT molecular complexity index is 2020. The summed E-state index contributed by atoms with van der Waals surface area (Å²) in [5, 5.41) is 17.4. The average molecular weight is 717 g/mol. The Kier molecular flexibility index (Phi) is 8.73. The number of anilines is 2. The van der Waals surface area contributed by atoms with Crippen molar-refractivity contribution in [2.45, 2.75) is 77.5 Å². The van der Waals surface area contributed by atoms with Crippen LogP contribution in [0.25, 0.3) is 10.8 Å². The first-order valence-electron chi connectivity index (χ1n) is 18.2. The van der Waals surface area contributed by atoms with Crippen LogP contribution in [0.3, 0.4) is 0 Å². The van der Waals surface area contributed by atoms with Gasteiger partial charge in [-0.05, 0) is 74.1 Å². The van der Waals surface area contributed by atoms with Crippen LogP contribution in [-0.2, 0) is 32.5 Å². The van der Waals surface area contributed by atoms with E-state index in [1.807, 2.05) is 11.6 Å². The van der Waals surface area contributed by atoms with Gasteiger partial charge in [0.2, 0.25) is 0 Å². The average Bonchev–Trinajstić information content (AvgIpc) is 3.68. The zero-order valence-corrected chi connectivity index (χ0v) is 30.6. The highest BCUT2D eigenvalue weighted by molar-refractivity contribution is 6.34. The second kappa shape index (κ2) is 13.1. The summed E-state index contributed by atoms with van der Waals surface area (Å²) in [6.07, 6.45) is 5.33. The van der Waals surface area contributed by atoms with Crippen molar-refractivity contribution in [2.24, 2.45) is 5.92 Å². The van der Waals surface area contributed by atoms with Gasteiger partial charge in [0.25, 0.3) is 5.91 Å². The smallest absolute Gasteiger partial charge is 0.318 e. The van der Waals surface area contributed by atoms with E-state index in [4.69, 9.17) is 26.3 Å². The van der Waals surface area contributed by atoms with Gasteiger partial charge in [-0.25, -0.2) is 4.39 Å². The Balaban J connectivity index is 1.18. The lowest BCUT2D eigenvalue weighted by molar-refractivity contribution is 0.0821. The predicted molar refractivity (Wildman–Crippen MR) is 195 cm³/mol. The fraction of sp³-hybridized carbons (Fsp3) is 0.526. The summed E-state index contributed by atoms with van der Waals surface area (Å²) >= 11 is 6.88. The van der Waals surface area contributed by atoms with Gasteiger partial charge in [-0.1, -0.05) is 31.5 Å². The third-order valence-electron chi connectivity index (χ3n) is 11.4. The Morgan fingerprint density at radius 1 is 1.12 bits per heavy atom. The summed E-state index contributed by atoms with van der Waals surface area (Å²) in [6, 6.07) is 7.00. The number of amides is 1. The number of ether oxygens (including phenoxy) is 1. The van der Waals surface area contributed by atoms with Gasteiger partial charge in [0.05, 0.1) is 35.0 Å². The second-order valence-electron chi connectivity index (χ2n) is 15.0. The topological polar surface area (TPSA) is 103 Å². The Morgan fingerprint density at radius 2 is 1.96 bits per heavy atom. The van der Waals surface area contributed by atoms with Gasteiger partial charge < -0.3 is 24.5 Å². The van der Waals surface area contributed by atoms with Crippen molar-refractivity contribution in [3.8, 4) is 11.8 Å². The van der Waals surface area contributed by atoms with E-state index in [1.54, 1.807) is 32.3 Å². The predicted octanol–water partition coefficient (Wildman–Crippen LogP) is 5.81. The molecule has 0 bridgehead atoms. The van der Waals surface area contributed by atoms with E-state index in [1.165, 1.54) is 17.4 Å². The minimum absolute atomic E-state index is 0.00396. The number of rotatable bonds is 7. The van der Waals surface area contributed by atoms with Crippen molar-refractivity contribution in [2.75, 3.05) is 56.7 Å². The summed E-state index contributed by atoms with van der Waals surface area (Å²) in [4.78, 5) is 31.6. The third kappa shape index (κ3) is 5.93. The van der Waals surface area contributed by atoms with Gasteiger partial charge in [0.1, 0.15) is 24.0 Å². The van der Waals surface area contributed by atoms with Crippen molar-refractivity contribution < 1.29 is 19.0 Å². The molecule has 2 saturated heterocycles. The number of aromatic hydroxyl groups is 1. The molecule has 6 heterocycles. The molecule has 13 heteroatoms. The van der Waals surface area contributed by atoms with Crippen molar-refractivity contribution in [1.29, 1.82) is 0 Å². The molecule has 0 saturated carbocycles. The number of hydrogen-bond donors (Lipinski definition) is 1. The van der Waals surface area contributed by atoms with Crippen LogP contribution in [0, 0.1) is 11.7 Å². The molecule has 2 fully saturated rings. The zero-order chi connectivity index (χ0) is 35.6. The summed E-state index contributed by atoms with van der Waals surface area (Å²) in [7, 11) is 3.40. The number of hydrogen-bond acceptors (Lipinski definition) is 9. The first kappa shape index (κ1) is 34.0. The molecule has 2 aromatic carbocycles. The minimum atomic E-state index is -0.245. The fourth-order valence-electron chi connectivity index (χ4n) is 9.02. The molecule has 4 aromatic rings. The molecular formula is C38H46ClFN8O3. The lowest BCUT2D eigenvalue weighted by Crippen LogP contribution is -2.43. The molecule has 2 aromatic heterocycles.